The molecule has 17 heavy (non-hydrogen) atoms. The van der Waals surface area contributed by atoms with Gasteiger partial charge in [-0.25, -0.2) is 0 Å². The number of benzene rings is 1. The highest BCUT2D eigenvalue weighted by Gasteiger charge is 2.48. The minimum atomic E-state index is -0.342. The first kappa shape index (κ1) is 12.4. The summed E-state index contributed by atoms with van der Waals surface area (Å²) in [4.78, 5) is 2.09. The first-order valence-electron chi connectivity index (χ1n) is 6.00. The van der Waals surface area contributed by atoms with Crippen molar-refractivity contribution in [3.8, 4) is 0 Å². The van der Waals surface area contributed by atoms with Gasteiger partial charge >= 0.3 is 0 Å². The lowest BCUT2D eigenvalue weighted by Crippen LogP contribution is -2.42. The molecule has 0 amide bonds. The molecule has 1 aliphatic heterocycles. The smallest absolute Gasteiger partial charge is 0.0666 e. The van der Waals surface area contributed by atoms with E-state index in [1.807, 2.05) is 14.1 Å². The predicted molar refractivity (Wildman–Crippen MR) is 70.4 cm³/mol. The molecule has 0 saturated heterocycles. The van der Waals surface area contributed by atoms with E-state index in [4.69, 9.17) is 0 Å². The maximum Gasteiger partial charge on any atom is 0.0666 e. The molecule has 0 radical (unpaired) electrons. The zero-order valence-electron chi connectivity index (χ0n) is 11.6. The lowest BCUT2D eigenvalue weighted by atomic mass is 9.90. The van der Waals surface area contributed by atoms with Crippen LogP contribution in [0.3, 0.4) is 0 Å². The second-order valence-electron chi connectivity index (χ2n) is 6.05. The van der Waals surface area contributed by atoms with Gasteiger partial charge in [-0.3, -0.25) is 0 Å². The van der Waals surface area contributed by atoms with Crippen molar-refractivity contribution in [1.82, 2.24) is 5.06 Å². The summed E-state index contributed by atoms with van der Waals surface area (Å²) < 4.78 is 0. The summed E-state index contributed by atoms with van der Waals surface area (Å²) >= 11 is 0. The van der Waals surface area contributed by atoms with E-state index in [2.05, 4.69) is 50.8 Å². The quantitative estimate of drug-likeness (QED) is 0.809. The Bertz CT molecular complexity index is 450. The Balaban J connectivity index is 2.64. The molecule has 1 aromatic rings. The molecule has 0 atom stereocenters. The highest BCUT2D eigenvalue weighted by atomic mass is 16.5. The monoisotopic (exact) mass is 234 g/mol. The van der Waals surface area contributed by atoms with Gasteiger partial charge in [-0.1, -0.05) is 6.07 Å². The molecule has 3 nitrogen and oxygen atoms in total. The van der Waals surface area contributed by atoms with Crippen LogP contribution in [0.4, 0.5) is 5.69 Å². The van der Waals surface area contributed by atoms with Gasteiger partial charge in [-0.15, -0.1) is 0 Å². The van der Waals surface area contributed by atoms with Gasteiger partial charge in [-0.2, -0.15) is 5.06 Å². The van der Waals surface area contributed by atoms with Gasteiger partial charge in [0.1, 0.15) is 0 Å². The van der Waals surface area contributed by atoms with Gasteiger partial charge in [-0.05, 0) is 51.0 Å². The molecule has 0 unspecified atom stereocenters. The average molecular weight is 234 g/mol. The molecular weight excluding hydrogens is 212 g/mol. The minimum Gasteiger partial charge on any atom is -0.378 e. The van der Waals surface area contributed by atoms with E-state index in [1.54, 1.807) is 0 Å². The molecule has 0 bridgehead atoms. The number of fused-ring (bicyclic) bond motifs is 1. The Morgan fingerprint density at radius 3 is 2.06 bits per heavy atom. The van der Waals surface area contributed by atoms with Gasteiger partial charge in [0.05, 0.1) is 11.1 Å². The zero-order valence-corrected chi connectivity index (χ0v) is 11.6. The van der Waals surface area contributed by atoms with E-state index in [0.717, 1.165) is 0 Å². The molecule has 94 valence electrons. The second-order valence-corrected chi connectivity index (χ2v) is 6.05. The third kappa shape index (κ3) is 1.57. The molecule has 0 aromatic heterocycles. The van der Waals surface area contributed by atoms with E-state index in [-0.39, 0.29) is 11.1 Å². The van der Waals surface area contributed by atoms with Crippen LogP contribution in [0.5, 0.6) is 0 Å². The summed E-state index contributed by atoms with van der Waals surface area (Å²) in [5.74, 6) is 0. The highest BCUT2D eigenvalue weighted by molar-refractivity contribution is 5.55. The van der Waals surface area contributed by atoms with Crippen molar-refractivity contribution in [1.29, 1.82) is 0 Å². The van der Waals surface area contributed by atoms with E-state index < -0.39 is 0 Å². The van der Waals surface area contributed by atoms with Crippen molar-refractivity contribution in [2.45, 2.75) is 38.8 Å². The van der Waals surface area contributed by atoms with Crippen molar-refractivity contribution in [2.75, 3.05) is 19.0 Å². The third-order valence-electron chi connectivity index (χ3n) is 3.90. The van der Waals surface area contributed by atoms with Gasteiger partial charge in [0.25, 0.3) is 0 Å². The minimum absolute atomic E-state index is 0.330. The summed E-state index contributed by atoms with van der Waals surface area (Å²) in [5, 5.41) is 11.8. The topological polar surface area (TPSA) is 26.7 Å². The first-order chi connectivity index (χ1) is 7.69. The molecule has 0 fully saturated rings. The molecule has 1 aromatic carbocycles. The lowest BCUT2D eigenvalue weighted by molar-refractivity contribution is -0.216. The number of hydrogen-bond donors (Lipinski definition) is 1. The first-order valence-corrected chi connectivity index (χ1v) is 6.00. The zero-order chi connectivity index (χ0) is 13.0. The Morgan fingerprint density at radius 2 is 1.53 bits per heavy atom. The van der Waals surface area contributed by atoms with E-state index in [1.165, 1.54) is 21.9 Å². The summed E-state index contributed by atoms with van der Waals surface area (Å²) in [6.45, 7) is 8.21. The fourth-order valence-electron chi connectivity index (χ4n) is 2.78. The van der Waals surface area contributed by atoms with Crippen molar-refractivity contribution < 1.29 is 5.21 Å². The molecule has 0 saturated carbocycles. The second kappa shape index (κ2) is 3.47. The van der Waals surface area contributed by atoms with Crippen LogP contribution in [-0.2, 0) is 11.1 Å². The normalized spacial score (nSPS) is 21.4. The summed E-state index contributed by atoms with van der Waals surface area (Å²) in [5.41, 5.74) is 2.91. The van der Waals surface area contributed by atoms with Crippen LogP contribution in [0, 0.1) is 0 Å². The van der Waals surface area contributed by atoms with Gasteiger partial charge in [0, 0.05) is 19.8 Å². The molecule has 0 spiro atoms. The Kier molecular flexibility index (Phi) is 2.53. The fourth-order valence-corrected chi connectivity index (χ4v) is 2.78. The highest BCUT2D eigenvalue weighted by Crippen LogP contribution is 2.48. The molecular formula is C14H22N2O. The summed E-state index contributed by atoms with van der Waals surface area (Å²) in [6.07, 6.45) is 0. The van der Waals surface area contributed by atoms with Crippen LogP contribution < -0.4 is 4.90 Å². The number of anilines is 1. The van der Waals surface area contributed by atoms with Crippen LogP contribution in [0.2, 0.25) is 0 Å². The van der Waals surface area contributed by atoms with E-state index >= 15 is 0 Å². The van der Waals surface area contributed by atoms with Crippen molar-refractivity contribution in [3.05, 3.63) is 29.3 Å². The van der Waals surface area contributed by atoms with Crippen LogP contribution >= 0.6 is 0 Å². The third-order valence-corrected chi connectivity index (χ3v) is 3.90. The summed E-state index contributed by atoms with van der Waals surface area (Å²) in [7, 11) is 4.07. The Hall–Kier alpha value is -1.06. The van der Waals surface area contributed by atoms with Gasteiger partial charge in [0.15, 0.2) is 0 Å². The Labute approximate surface area is 104 Å². The molecule has 1 aliphatic rings. The number of nitrogens with zero attached hydrogens (tertiary/aromatic N) is 2. The molecule has 1 N–H and O–H groups in total. The fraction of sp³-hybridized carbons (Fsp3) is 0.571. The van der Waals surface area contributed by atoms with Crippen molar-refractivity contribution in [3.63, 3.8) is 0 Å². The van der Waals surface area contributed by atoms with Crippen molar-refractivity contribution >= 4 is 5.69 Å². The van der Waals surface area contributed by atoms with Crippen LogP contribution in [0.1, 0.15) is 38.8 Å². The number of hydroxylamine groups is 2. The SMILES string of the molecule is CN(C)c1ccc2c(c1)C(C)(C)N(O)C2(C)C. The van der Waals surface area contributed by atoms with Crippen LogP contribution in [-0.4, -0.2) is 24.4 Å². The van der Waals surface area contributed by atoms with Crippen LogP contribution in [0.25, 0.3) is 0 Å². The largest absolute Gasteiger partial charge is 0.378 e. The summed E-state index contributed by atoms with van der Waals surface area (Å²) in [6, 6.07) is 6.41. The van der Waals surface area contributed by atoms with Crippen molar-refractivity contribution in [2.24, 2.45) is 0 Å². The standard InChI is InChI=1S/C14H22N2O/c1-13(2)11-8-7-10(15(5)6)9-12(11)14(3,4)16(13)17/h7-9,17H,1-6H3. The van der Waals surface area contributed by atoms with Crippen LogP contribution in [0.15, 0.2) is 18.2 Å². The molecule has 0 aliphatic carbocycles. The predicted octanol–water partition coefficient (Wildman–Crippen LogP) is 2.93. The van der Waals surface area contributed by atoms with Gasteiger partial charge < -0.3 is 10.1 Å². The number of hydrogen-bond acceptors (Lipinski definition) is 3. The molecule has 2 rings (SSSR count). The average Bonchev–Trinajstić information content (AvgIpc) is 2.38. The van der Waals surface area contributed by atoms with E-state index in [0.29, 0.717) is 0 Å². The molecule has 1 heterocycles. The van der Waals surface area contributed by atoms with E-state index in [9.17, 15) is 5.21 Å². The van der Waals surface area contributed by atoms with Gasteiger partial charge in [0.2, 0.25) is 0 Å². The lowest BCUT2D eigenvalue weighted by Gasteiger charge is -2.34. The molecule has 3 heteroatoms. The number of rotatable bonds is 1. The Morgan fingerprint density at radius 1 is 1.00 bits per heavy atom. The maximum absolute atomic E-state index is 10.4. The maximum atomic E-state index is 10.4.